The van der Waals surface area contributed by atoms with Crippen LogP contribution in [0.5, 0.6) is 0 Å². The Morgan fingerprint density at radius 2 is 1.66 bits per heavy atom. The van der Waals surface area contributed by atoms with Crippen LogP contribution < -0.4 is 26.6 Å². The van der Waals surface area contributed by atoms with E-state index < -0.39 is 18.0 Å². The summed E-state index contributed by atoms with van der Waals surface area (Å²) in [5.74, 6) is -0.0939. The zero-order valence-corrected chi connectivity index (χ0v) is 24.7. The lowest BCUT2D eigenvalue weighted by Crippen LogP contribution is -2.58. The Bertz CT molecular complexity index is 747. The van der Waals surface area contributed by atoms with Crippen LogP contribution in [-0.2, 0) is 14.4 Å². The van der Waals surface area contributed by atoms with Gasteiger partial charge in [-0.25, -0.2) is 4.79 Å². The third-order valence-corrected chi connectivity index (χ3v) is 7.48. The second kappa shape index (κ2) is 20.7. The minimum atomic E-state index is -0.765. The van der Waals surface area contributed by atoms with Gasteiger partial charge in [0, 0.05) is 36.7 Å². The minimum Gasteiger partial charge on any atom is -0.352 e. The molecule has 218 valence electrons. The molecule has 0 aromatic heterocycles. The van der Waals surface area contributed by atoms with E-state index >= 15 is 0 Å². The van der Waals surface area contributed by atoms with Crippen molar-refractivity contribution in [3.05, 3.63) is 12.2 Å². The molecule has 0 saturated heterocycles. The van der Waals surface area contributed by atoms with Crippen molar-refractivity contribution in [2.75, 3.05) is 24.6 Å². The molecular weight excluding hydrogens is 502 g/mol. The molecule has 0 fully saturated rings. The highest BCUT2D eigenvalue weighted by molar-refractivity contribution is 7.99. The summed E-state index contributed by atoms with van der Waals surface area (Å²) in [6.07, 6.45) is 15.3. The summed E-state index contributed by atoms with van der Waals surface area (Å²) >= 11 is 1.47. The highest BCUT2D eigenvalue weighted by atomic mass is 32.2. The predicted octanol–water partition coefficient (Wildman–Crippen LogP) is 3.64. The summed E-state index contributed by atoms with van der Waals surface area (Å²) in [5, 5.41) is 14.1. The highest BCUT2D eigenvalue weighted by Crippen LogP contribution is 2.10. The molecular formula is C28H51N5O4S. The van der Waals surface area contributed by atoms with Crippen molar-refractivity contribution in [1.82, 2.24) is 26.6 Å². The molecule has 1 aliphatic heterocycles. The van der Waals surface area contributed by atoms with Crippen LogP contribution in [0.3, 0.4) is 0 Å². The smallest absolute Gasteiger partial charge is 0.315 e. The third kappa shape index (κ3) is 15.9. The van der Waals surface area contributed by atoms with Gasteiger partial charge < -0.3 is 26.6 Å². The molecule has 0 bridgehead atoms. The van der Waals surface area contributed by atoms with E-state index in [1.54, 1.807) is 13.0 Å². The first-order valence-electron chi connectivity index (χ1n) is 14.4. The number of thioether (sulfide) groups is 1. The average molecular weight is 554 g/mol. The normalized spacial score (nSPS) is 20.3. The number of urea groups is 1. The molecule has 10 heteroatoms. The zero-order valence-electron chi connectivity index (χ0n) is 23.9. The number of carbonyl (C=O) groups excluding carboxylic acids is 4. The van der Waals surface area contributed by atoms with Crippen molar-refractivity contribution in [3.63, 3.8) is 0 Å². The summed E-state index contributed by atoms with van der Waals surface area (Å²) in [6.45, 7) is 8.75. The van der Waals surface area contributed by atoms with E-state index in [9.17, 15) is 19.2 Å². The molecule has 3 atom stereocenters. The monoisotopic (exact) mass is 553 g/mol. The number of carbonyl (C=O) groups is 4. The van der Waals surface area contributed by atoms with Gasteiger partial charge in [0.2, 0.25) is 17.7 Å². The quantitative estimate of drug-likeness (QED) is 0.198. The molecule has 5 amide bonds. The van der Waals surface area contributed by atoms with Crippen LogP contribution in [0.4, 0.5) is 4.79 Å². The van der Waals surface area contributed by atoms with Crippen molar-refractivity contribution in [2.45, 2.75) is 110 Å². The van der Waals surface area contributed by atoms with Crippen LogP contribution in [0.15, 0.2) is 12.2 Å². The van der Waals surface area contributed by atoms with Crippen molar-refractivity contribution in [1.29, 1.82) is 0 Å². The standard InChI is InChI=1S/C28H51N5O4S/c1-5-6-7-8-9-10-11-12-13-14-17-30-28(37)33-25(21(2)3)27(36)32-23-20-38-19-18-29-24(34)16-15-22(4)31-26(23)35/h15-16,21-23,25H,5-14,17-20H2,1-4H3,(H,29,34)(H,31,35)(H,32,36)(H2,30,33,37)/b16-15-/t22-,23-,25-/m0/s1. The van der Waals surface area contributed by atoms with Crippen LogP contribution in [0.1, 0.15) is 91.9 Å². The molecule has 0 aromatic rings. The summed E-state index contributed by atoms with van der Waals surface area (Å²) in [5.41, 5.74) is 0. The lowest BCUT2D eigenvalue weighted by atomic mass is 10.0. The van der Waals surface area contributed by atoms with E-state index in [2.05, 4.69) is 33.5 Å². The Morgan fingerprint density at radius 1 is 1.03 bits per heavy atom. The van der Waals surface area contributed by atoms with Gasteiger partial charge in [-0.05, 0) is 19.3 Å². The summed E-state index contributed by atoms with van der Waals surface area (Å²) in [7, 11) is 0. The minimum absolute atomic E-state index is 0.155. The second-order valence-corrected chi connectivity index (χ2v) is 11.5. The van der Waals surface area contributed by atoms with Crippen molar-refractivity contribution < 1.29 is 19.2 Å². The van der Waals surface area contributed by atoms with Crippen molar-refractivity contribution in [2.24, 2.45) is 5.92 Å². The van der Waals surface area contributed by atoms with Crippen LogP contribution in [0, 0.1) is 5.92 Å². The SMILES string of the molecule is CCCCCCCCCCCCNC(=O)N[C@H](C(=O)N[C@H]1CSCCNC(=O)/C=C\[C@H](C)NC1=O)C(C)C. The molecule has 1 aliphatic rings. The van der Waals surface area contributed by atoms with E-state index in [0.717, 1.165) is 12.8 Å². The summed E-state index contributed by atoms with van der Waals surface area (Å²) < 4.78 is 0. The molecule has 0 aromatic carbocycles. The number of amides is 5. The van der Waals surface area contributed by atoms with Gasteiger partial charge in [0.25, 0.3) is 0 Å². The van der Waals surface area contributed by atoms with E-state index in [0.29, 0.717) is 24.6 Å². The zero-order chi connectivity index (χ0) is 28.2. The lowest BCUT2D eigenvalue weighted by Gasteiger charge is -2.26. The molecule has 0 spiro atoms. The molecule has 0 saturated carbocycles. The molecule has 5 N–H and O–H groups in total. The Morgan fingerprint density at radius 3 is 2.29 bits per heavy atom. The Balaban J connectivity index is 2.45. The fraction of sp³-hybridized carbons (Fsp3) is 0.786. The van der Waals surface area contributed by atoms with Crippen molar-refractivity contribution in [3.8, 4) is 0 Å². The average Bonchev–Trinajstić information content (AvgIpc) is 2.87. The van der Waals surface area contributed by atoms with Crippen LogP contribution in [0.2, 0.25) is 0 Å². The first-order chi connectivity index (χ1) is 18.2. The molecule has 38 heavy (non-hydrogen) atoms. The maximum absolute atomic E-state index is 13.1. The van der Waals surface area contributed by atoms with Crippen molar-refractivity contribution >= 4 is 35.5 Å². The van der Waals surface area contributed by atoms with Crippen LogP contribution in [-0.4, -0.2) is 66.5 Å². The first kappa shape index (κ1) is 33.8. The molecule has 0 aliphatic carbocycles. The lowest BCUT2D eigenvalue weighted by molar-refractivity contribution is -0.130. The maximum Gasteiger partial charge on any atom is 0.315 e. The molecule has 1 rings (SSSR count). The second-order valence-electron chi connectivity index (χ2n) is 10.4. The van der Waals surface area contributed by atoms with E-state index in [1.165, 1.54) is 69.2 Å². The van der Waals surface area contributed by atoms with Gasteiger partial charge in [-0.3, -0.25) is 14.4 Å². The van der Waals surface area contributed by atoms with E-state index in [-0.39, 0.29) is 29.8 Å². The van der Waals surface area contributed by atoms with Gasteiger partial charge in [-0.2, -0.15) is 11.8 Å². The maximum atomic E-state index is 13.1. The molecule has 0 unspecified atom stereocenters. The number of unbranched alkanes of at least 4 members (excludes halogenated alkanes) is 9. The van der Waals surface area contributed by atoms with Crippen LogP contribution >= 0.6 is 11.8 Å². The number of nitrogens with one attached hydrogen (secondary N) is 5. The largest absolute Gasteiger partial charge is 0.352 e. The summed E-state index contributed by atoms with van der Waals surface area (Å²) in [4.78, 5) is 50.1. The Hall–Kier alpha value is -2.23. The van der Waals surface area contributed by atoms with Gasteiger partial charge in [0.1, 0.15) is 12.1 Å². The number of rotatable bonds is 15. The first-order valence-corrected chi connectivity index (χ1v) is 15.6. The molecule has 9 nitrogen and oxygen atoms in total. The van der Waals surface area contributed by atoms with Gasteiger partial charge in [-0.1, -0.05) is 84.6 Å². The fourth-order valence-corrected chi connectivity index (χ4v) is 4.98. The number of hydrogen-bond acceptors (Lipinski definition) is 5. The Kier molecular flexibility index (Phi) is 18.4. The Labute approximate surface area is 233 Å². The summed E-state index contributed by atoms with van der Waals surface area (Å²) in [6, 6.07) is -2.26. The van der Waals surface area contributed by atoms with Gasteiger partial charge >= 0.3 is 6.03 Å². The number of hydrogen-bond donors (Lipinski definition) is 5. The topological polar surface area (TPSA) is 128 Å². The fourth-order valence-electron chi connectivity index (χ4n) is 4.10. The predicted molar refractivity (Wildman–Crippen MR) is 156 cm³/mol. The highest BCUT2D eigenvalue weighted by Gasteiger charge is 2.29. The van der Waals surface area contributed by atoms with Gasteiger partial charge in [-0.15, -0.1) is 0 Å². The van der Waals surface area contributed by atoms with E-state index in [4.69, 9.17) is 0 Å². The van der Waals surface area contributed by atoms with E-state index in [1.807, 2.05) is 13.8 Å². The third-order valence-electron chi connectivity index (χ3n) is 6.42. The van der Waals surface area contributed by atoms with Gasteiger partial charge in [0.15, 0.2) is 0 Å². The molecule has 1 heterocycles. The van der Waals surface area contributed by atoms with Crippen LogP contribution in [0.25, 0.3) is 0 Å². The van der Waals surface area contributed by atoms with Gasteiger partial charge in [0.05, 0.1) is 0 Å². The molecule has 0 radical (unpaired) electrons.